The molecule has 21 heavy (non-hydrogen) atoms. The monoisotopic (exact) mass is 311 g/mol. The van der Waals surface area contributed by atoms with E-state index in [9.17, 15) is 8.42 Å². The molecule has 5 nitrogen and oxygen atoms in total. The summed E-state index contributed by atoms with van der Waals surface area (Å²) in [4.78, 5) is 2.55. The summed E-state index contributed by atoms with van der Waals surface area (Å²) in [6.45, 7) is 7.79. The zero-order chi connectivity index (χ0) is 15.5. The van der Waals surface area contributed by atoms with Gasteiger partial charge in [-0.15, -0.1) is 0 Å². The minimum absolute atomic E-state index is 0.00943. The van der Waals surface area contributed by atoms with E-state index in [4.69, 9.17) is 0 Å². The molecule has 118 valence electrons. The number of nitrogens with zero attached hydrogens (tertiary/aromatic N) is 2. The summed E-state index contributed by atoms with van der Waals surface area (Å²) in [6, 6.07) is 7.21. The highest BCUT2D eigenvalue weighted by Gasteiger charge is 2.32. The van der Waals surface area contributed by atoms with Gasteiger partial charge in [-0.2, -0.15) is 4.31 Å². The fourth-order valence-corrected chi connectivity index (χ4v) is 4.28. The van der Waals surface area contributed by atoms with Crippen LogP contribution in [0.2, 0.25) is 0 Å². The van der Waals surface area contributed by atoms with Crippen LogP contribution in [-0.2, 0) is 16.6 Å². The molecule has 0 bridgehead atoms. The largest absolute Gasteiger partial charge is 0.313 e. The van der Waals surface area contributed by atoms with Gasteiger partial charge in [0.15, 0.2) is 0 Å². The molecule has 1 unspecified atom stereocenters. The third-order valence-electron chi connectivity index (χ3n) is 3.88. The number of hydrogen-bond donors (Lipinski definition) is 1. The molecular weight excluding hydrogens is 286 g/mol. The number of hydrogen-bond acceptors (Lipinski definition) is 4. The van der Waals surface area contributed by atoms with Crippen molar-refractivity contribution in [1.29, 1.82) is 0 Å². The lowest BCUT2D eigenvalue weighted by Crippen LogP contribution is -2.52. The maximum absolute atomic E-state index is 12.7. The third kappa shape index (κ3) is 3.83. The van der Waals surface area contributed by atoms with Crippen molar-refractivity contribution in [3.8, 4) is 0 Å². The van der Waals surface area contributed by atoms with E-state index in [1.54, 1.807) is 16.4 Å². The zero-order valence-electron chi connectivity index (χ0n) is 13.0. The van der Waals surface area contributed by atoms with Crippen molar-refractivity contribution in [2.75, 3.05) is 33.2 Å². The first-order chi connectivity index (χ1) is 9.95. The molecule has 0 aromatic heterocycles. The van der Waals surface area contributed by atoms with Crippen LogP contribution in [0.1, 0.15) is 19.4 Å². The van der Waals surface area contributed by atoms with Crippen LogP contribution in [0.3, 0.4) is 0 Å². The van der Waals surface area contributed by atoms with Crippen LogP contribution in [0.15, 0.2) is 29.2 Å². The SMILES string of the molecule is CCNCc1ccc(S(=O)(=O)N2CCN(C)CC2C)cc1. The van der Waals surface area contributed by atoms with Crippen molar-refractivity contribution in [2.45, 2.75) is 31.3 Å². The molecule has 0 spiro atoms. The molecule has 1 atom stereocenters. The lowest BCUT2D eigenvalue weighted by Gasteiger charge is -2.37. The predicted octanol–water partition coefficient (Wildman–Crippen LogP) is 1.12. The number of benzene rings is 1. The van der Waals surface area contributed by atoms with Crippen molar-refractivity contribution >= 4 is 10.0 Å². The Morgan fingerprint density at radius 3 is 2.48 bits per heavy atom. The van der Waals surface area contributed by atoms with Crippen LogP contribution in [0, 0.1) is 0 Å². The molecule has 0 radical (unpaired) electrons. The second-order valence-electron chi connectivity index (χ2n) is 5.65. The van der Waals surface area contributed by atoms with Crippen LogP contribution in [-0.4, -0.2) is 56.9 Å². The number of piperazine rings is 1. The molecule has 1 saturated heterocycles. The highest BCUT2D eigenvalue weighted by atomic mass is 32.2. The maximum atomic E-state index is 12.7. The van der Waals surface area contributed by atoms with Crippen LogP contribution in [0.25, 0.3) is 0 Å². The molecule has 2 rings (SSSR count). The summed E-state index contributed by atoms with van der Waals surface area (Å²) in [7, 11) is -1.36. The average Bonchev–Trinajstić information content (AvgIpc) is 2.45. The van der Waals surface area contributed by atoms with Crippen LogP contribution in [0.5, 0.6) is 0 Å². The van der Waals surface area contributed by atoms with E-state index < -0.39 is 10.0 Å². The normalized spacial score (nSPS) is 21.6. The molecule has 1 heterocycles. The Labute approximate surface area is 128 Å². The van der Waals surface area contributed by atoms with E-state index in [0.717, 1.165) is 31.7 Å². The van der Waals surface area contributed by atoms with Gasteiger partial charge in [0.2, 0.25) is 10.0 Å². The van der Waals surface area contributed by atoms with Gasteiger partial charge in [-0.3, -0.25) is 0 Å². The molecule has 1 aliphatic heterocycles. The molecule has 1 aromatic carbocycles. The van der Waals surface area contributed by atoms with Crippen molar-refractivity contribution in [2.24, 2.45) is 0 Å². The first kappa shape index (κ1) is 16.4. The summed E-state index contributed by atoms with van der Waals surface area (Å²) in [5.74, 6) is 0. The second kappa shape index (κ2) is 6.87. The molecule has 6 heteroatoms. The van der Waals surface area contributed by atoms with E-state index in [0.29, 0.717) is 11.4 Å². The summed E-state index contributed by atoms with van der Waals surface area (Å²) in [6.07, 6.45) is 0. The first-order valence-corrected chi connectivity index (χ1v) is 8.89. The minimum Gasteiger partial charge on any atom is -0.313 e. The van der Waals surface area contributed by atoms with Crippen molar-refractivity contribution in [1.82, 2.24) is 14.5 Å². The molecule has 0 aliphatic carbocycles. The van der Waals surface area contributed by atoms with Gasteiger partial charge < -0.3 is 10.2 Å². The topological polar surface area (TPSA) is 52.7 Å². The quantitative estimate of drug-likeness (QED) is 0.885. The smallest absolute Gasteiger partial charge is 0.243 e. The Morgan fingerprint density at radius 2 is 1.90 bits per heavy atom. The molecule has 1 N–H and O–H groups in total. The molecule has 0 saturated carbocycles. The molecule has 1 aromatic rings. The minimum atomic E-state index is -3.39. The lowest BCUT2D eigenvalue weighted by molar-refractivity contribution is 0.170. The predicted molar refractivity (Wildman–Crippen MR) is 84.7 cm³/mol. The zero-order valence-corrected chi connectivity index (χ0v) is 13.9. The van der Waals surface area contributed by atoms with Gasteiger partial charge in [0.05, 0.1) is 4.90 Å². The van der Waals surface area contributed by atoms with E-state index in [2.05, 4.69) is 10.2 Å². The van der Waals surface area contributed by atoms with Gasteiger partial charge >= 0.3 is 0 Å². The van der Waals surface area contributed by atoms with Gasteiger partial charge in [0, 0.05) is 32.2 Å². The Balaban J connectivity index is 2.15. The van der Waals surface area contributed by atoms with Crippen LogP contribution < -0.4 is 5.32 Å². The van der Waals surface area contributed by atoms with Crippen LogP contribution in [0.4, 0.5) is 0 Å². The molecule has 0 amide bonds. The van der Waals surface area contributed by atoms with Crippen molar-refractivity contribution in [3.63, 3.8) is 0 Å². The van der Waals surface area contributed by atoms with Crippen LogP contribution >= 0.6 is 0 Å². The molecular formula is C15H25N3O2S. The van der Waals surface area contributed by atoms with E-state index in [-0.39, 0.29) is 6.04 Å². The molecule has 1 fully saturated rings. The van der Waals surface area contributed by atoms with Crippen molar-refractivity contribution in [3.05, 3.63) is 29.8 Å². The summed E-state index contributed by atoms with van der Waals surface area (Å²) < 4.78 is 27.1. The van der Waals surface area contributed by atoms with Gasteiger partial charge in [-0.05, 0) is 38.2 Å². The standard InChI is InChI=1S/C15H25N3O2S/c1-4-16-11-14-5-7-15(8-6-14)21(19,20)18-10-9-17(3)12-13(18)2/h5-8,13,16H,4,9-12H2,1-3H3. The fraction of sp³-hybridized carbons (Fsp3) is 0.600. The number of rotatable bonds is 5. The Morgan fingerprint density at radius 1 is 1.24 bits per heavy atom. The summed E-state index contributed by atoms with van der Waals surface area (Å²) in [5.41, 5.74) is 1.10. The lowest BCUT2D eigenvalue weighted by atomic mass is 10.2. The summed E-state index contributed by atoms with van der Waals surface area (Å²) >= 11 is 0. The number of likely N-dealkylation sites (N-methyl/N-ethyl adjacent to an activating group) is 1. The van der Waals surface area contributed by atoms with Gasteiger partial charge in [-0.25, -0.2) is 8.42 Å². The Hall–Kier alpha value is -0.950. The highest BCUT2D eigenvalue weighted by Crippen LogP contribution is 2.21. The van der Waals surface area contributed by atoms with E-state index in [1.165, 1.54) is 0 Å². The fourth-order valence-electron chi connectivity index (χ4n) is 2.66. The molecule has 1 aliphatic rings. The second-order valence-corrected chi connectivity index (χ2v) is 7.54. The first-order valence-electron chi connectivity index (χ1n) is 7.45. The summed E-state index contributed by atoms with van der Waals surface area (Å²) in [5, 5.41) is 3.23. The highest BCUT2D eigenvalue weighted by molar-refractivity contribution is 7.89. The number of nitrogens with one attached hydrogen (secondary N) is 1. The Bertz CT molecular complexity index is 557. The van der Waals surface area contributed by atoms with Gasteiger partial charge in [-0.1, -0.05) is 19.1 Å². The van der Waals surface area contributed by atoms with E-state index in [1.807, 2.05) is 33.0 Å². The van der Waals surface area contributed by atoms with Crippen molar-refractivity contribution < 1.29 is 8.42 Å². The number of sulfonamides is 1. The van der Waals surface area contributed by atoms with E-state index >= 15 is 0 Å². The third-order valence-corrected chi connectivity index (χ3v) is 5.91. The maximum Gasteiger partial charge on any atom is 0.243 e. The Kier molecular flexibility index (Phi) is 5.37. The average molecular weight is 311 g/mol. The van der Waals surface area contributed by atoms with Gasteiger partial charge in [0.25, 0.3) is 0 Å². The van der Waals surface area contributed by atoms with Gasteiger partial charge in [0.1, 0.15) is 0 Å².